The molecule has 0 fully saturated rings. The number of halogens is 1. The van der Waals surface area contributed by atoms with Gasteiger partial charge in [-0.25, -0.2) is 5.01 Å². The lowest BCUT2D eigenvalue weighted by Gasteiger charge is -2.38. The van der Waals surface area contributed by atoms with Crippen molar-refractivity contribution in [2.24, 2.45) is 5.10 Å². The third-order valence-corrected chi connectivity index (χ3v) is 6.36. The van der Waals surface area contributed by atoms with E-state index in [-0.39, 0.29) is 6.04 Å². The summed E-state index contributed by atoms with van der Waals surface area (Å²) in [6.07, 6.45) is 0.195. The Morgan fingerprint density at radius 3 is 2.35 bits per heavy atom. The molecule has 0 spiro atoms. The number of hydrazone groups is 1. The highest BCUT2D eigenvalue weighted by atomic mass is 35.5. The average molecular weight is 481 g/mol. The summed E-state index contributed by atoms with van der Waals surface area (Å²) >= 11 is 6.35. The second-order valence-electron chi connectivity index (χ2n) is 7.99. The Kier molecular flexibility index (Phi) is 5.87. The zero-order valence-electron chi connectivity index (χ0n) is 19.4. The average Bonchev–Trinajstić information content (AvgIpc) is 3.33. The third-order valence-electron chi connectivity index (χ3n) is 6.13. The van der Waals surface area contributed by atoms with Gasteiger partial charge in [0.2, 0.25) is 12.0 Å². The number of hydrogen-bond acceptors (Lipinski definition) is 7. The summed E-state index contributed by atoms with van der Waals surface area (Å²) in [5, 5.41) is 7.65. The van der Waals surface area contributed by atoms with Gasteiger partial charge in [-0.05, 0) is 42.5 Å². The lowest BCUT2D eigenvalue weighted by atomic mass is 9.95. The molecule has 0 amide bonds. The van der Waals surface area contributed by atoms with Crippen molar-refractivity contribution in [3.8, 4) is 28.7 Å². The minimum Gasteiger partial charge on any atom is -0.497 e. The van der Waals surface area contributed by atoms with Crippen LogP contribution < -0.4 is 23.7 Å². The molecule has 176 valence electrons. The van der Waals surface area contributed by atoms with Crippen molar-refractivity contribution < 1.29 is 23.7 Å². The first-order chi connectivity index (χ1) is 16.6. The van der Waals surface area contributed by atoms with Crippen LogP contribution in [0.25, 0.3) is 0 Å². The molecule has 3 aromatic rings. The summed E-state index contributed by atoms with van der Waals surface area (Å²) in [6.45, 7) is 0. The summed E-state index contributed by atoms with van der Waals surface area (Å²) in [5.74, 6) is 3.18. The second-order valence-corrected chi connectivity index (χ2v) is 8.43. The zero-order valence-corrected chi connectivity index (χ0v) is 20.1. The van der Waals surface area contributed by atoms with Gasteiger partial charge in [-0.3, -0.25) is 0 Å². The van der Waals surface area contributed by atoms with Gasteiger partial charge in [0.15, 0.2) is 11.5 Å². The number of methoxy groups -OCH3 is 4. The predicted molar refractivity (Wildman–Crippen MR) is 130 cm³/mol. The Morgan fingerprint density at radius 1 is 0.912 bits per heavy atom. The van der Waals surface area contributed by atoms with Crippen LogP contribution in [0.5, 0.6) is 28.7 Å². The molecule has 0 bridgehead atoms. The van der Waals surface area contributed by atoms with Gasteiger partial charge < -0.3 is 23.7 Å². The molecule has 0 aliphatic carbocycles. The van der Waals surface area contributed by atoms with Gasteiger partial charge in [0.1, 0.15) is 11.5 Å². The van der Waals surface area contributed by atoms with Crippen molar-refractivity contribution in [2.75, 3.05) is 28.4 Å². The molecule has 0 N–H and O–H groups in total. The lowest BCUT2D eigenvalue weighted by Crippen LogP contribution is -2.33. The summed E-state index contributed by atoms with van der Waals surface area (Å²) in [5.41, 5.74) is 3.77. The van der Waals surface area contributed by atoms with E-state index in [1.807, 2.05) is 59.6 Å². The fraction of sp³-hybridized carbons (Fsp3) is 0.269. The minimum atomic E-state index is -0.504. The van der Waals surface area contributed by atoms with Crippen LogP contribution >= 0.6 is 11.6 Å². The van der Waals surface area contributed by atoms with Gasteiger partial charge >= 0.3 is 0 Å². The summed E-state index contributed by atoms with van der Waals surface area (Å²) in [4.78, 5) is 0. The molecule has 7 nitrogen and oxygen atoms in total. The fourth-order valence-electron chi connectivity index (χ4n) is 4.50. The Morgan fingerprint density at radius 2 is 1.68 bits per heavy atom. The fourth-order valence-corrected chi connectivity index (χ4v) is 4.68. The van der Waals surface area contributed by atoms with Gasteiger partial charge in [-0.1, -0.05) is 23.7 Å². The molecule has 0 saturated heterocycles. The van der Waals surface area contributed by atoms with Gasteiger partial charge in [-0.15, -0.1) is 0 Å². The Labute approximate surface area is 203 Å². The largest absolute Gasteiger partial charge is 0.497 e. The van der Waals surface area contributed by atoms with E-state index in [9.17, 15) is 0 Å². The molecular formula is C26H25ClN2O5. The maximum Gasteiger partial charge on any atom is 0.214 e. The molecule has 0 saturated carbocycles. The van der Waals surface area contributed by atoms with Crippen LogP contribution in [-0.4, -0.2) is 39.2 Å². The third kappa shape index (κ3) is 3.76. The van der Waals surface area contributed by atoms with Gasteiger partial charge in [0, 0.05) is 28.1 Å². The number of hydrogen-bond donors (Lipinski definition) is 0. The Balaban J connectivity index is 1.63. The zero-order chi connectivity index (χ0) is 23.8. The Hall–Kier alpha value is -3.58. The van der Waals surface area contributed by atoms with Crippen molar-refractivity contribution in [1.82, 2.24) is 5.01 Å². The number of rotatable bonds is 6. The molecule has 34 heavy (non-hydrogen) atoms. The van der Waals surface area contributed by atoms with Crippen LogP contribution in [0.1, 0.15) is 35.4 Å². The molecule has 8 heteroatoms. The van der Waals surface area contributed by atoms with Crippen LogP contribution in [0.3, 0.4) is 0 Å². The summed E-state index contributed by atoms with van der Waals surface area (Å²) in [6, 6.07) is 17.3. The molecule has 0 unspecified atom stereocenters. The van der Waals surface area contributed by atoms with E-state index >= 15 is 0 Å². The molecular weight excluding hydrogens is 456 g/mol. The van der Waals surface area contributed by atoms with Crippen LogP contribution in [-0.2, 0) is 0 Å². The highest BCUT2D eigenvalue weighted by Crippen LogP contribution is 2.50. The topological polar surface area (TPSA) is 61.8 Å². The van der Waals surface area contributed by atoms with E-state index < -0.39 is 6.23 Å². The molecule has 2 aliphatic rings. The van der Waals surface area contributed by atoms with Gasteiger partial charge in [0.25, 0.3) is 0 Å². The lowest BCUT2D eigenvalue weighted by molar-refractivity contribution is -0.0192. The van der Waals surface area contributed by atoms with Crippen molar-refractivity contribution in [1.29, 1.82) is 0 Å². The van der Waals surface area contributed by atoms with E-state index in [4.69, 9.17) is 40.4 Å². The number of benzene rings is 3. The first-order valence-electron chi connectivity index (χ1n) is 10.8. The first-order valence-corrected chi connectivity index (χ1v) is 11.2. The molecule has 0 radical (unpaired) electrons. The monoisotopic (exact) mass is 480 g/mol. The van der Waals surface area contributed by atoms with E-state index in [0.717, 1.165) is 33.9 Å². The number of ether oxygens (including phenoxy) is 5. The SMILES string of the molecule is COc1cccc(C2=NN3[C@@H](c4cc(OC)c(OC)c(OC)c4)Oc4ccc(Cl)cc4[C@@H]3C2)c1. The van der Waals surface area contributed by atoms with Crippen molar-refractivity contribution in [3.63, 3.8) is 0 Å². The molecule has 2 heterocycles. The van der Waals surface area contributed by atoms with Gasteiger partial charge in [-0.2, -0.15) is 5.10 Å². The van der Waals surface area contributed by atoms with Crippen LogP contribution in [0.15, 0.2) is 59.7 Å². The van der Waals surface area contributed by atoms with Crippen molar-refractivity contribution in [2.45, 2.75) is 18.7 Å². The molecule has 3 aromatic carbocycles. The van der Waals surface area contributed by atoms with E-state index in [1.54, 1.807) is 28.4 Å². The molecule has 5 rings (SSSR count). The van der Waals surface area contributed by atoms with Crippen LogP contribution in [0.2, 0.25) is 5.02 Å². The minimum absolute atomic E-state index is 0.0484. The quantitative estimate of drug-likeness (QED) is 0.456. The summed E-state index contributed by atoms with van der Waals surface area (Å²) in [7, 11) is 6.43. The number of nitrogens with zero attached hydrogens (tertiary/aromatic N) is 2. The molecule has 2 atom stereocenters. The van der Waals surface area contributed by atoms with Crippen molar-refractivity contribution >= 4 is 17.3 Å². The highest BCUT2D eigenvalue weighted by Gasteiger charge is 2.41. The maximum absolute atomic E-state index is 6.47. The van der Waals surface area contributed by atoms with E-state index in [0.29, 0.717) is 28.7 Å². The molecule has 0 aromatic heterocycles. The van der Waals surface area contributed by atoms with Gasteiger partial charge in [0.05, 0.1) is 40.2 Å². The summed E-state index contributed by atoms with van der Waals surface area (Å²) < 4.78 is 28.5. The standard InChI is InChI=1S/C26H25ClN2O5/c1-30-18-7-5-6-15(10-18)20-14-21-19-13-17(27)8-9-22(19)34-26(29(21)28-20)16-11-23(31-2)25(33-4)24(12-16)32-3/h5-13,21,26H,14H2,1-4H3/t21-,26+/m0/s1. The van der Waals surface area contributed by atoms with Crippen LogP contribution in [0.4, 0.5) is 0 Å². The highest BCUT2D eigenvalue weighted by molar-refractivity contribution is 6.30. The first kappa shape index (κ1) is 22.2. The predicted octanol–water partition coefficient (Wildman–Crippen LogP) is 5.62. The second kappa shape index (κ2) is 8.99. The van der Waals surface area contributed by atoms with Crippen LogP contribution in [0, 0.1) is 0 Å². The number of fused-ring (bicyclic) bond motifs is 3. The van der Waals surface area contributed by atoms with E-state index in [2.05, 4.69) is 0 Å². The Bertz CT molecular complexity index is 1240. The normalized spacial score (nSPS) is 18.4. The smallest absolute Gasteiger partial charge is 0.214 e. The van der Waals surface area contributed by atoms with Crippen molar-refractivity contribution in [3.05, 3.63) is 76.3 Å². The molecule has 2 aliphatic heterocycles. The van der Waals surface area contributed by atoms with E-state index in [1.165, 1.54) is 0 Å². The maximum atomic E-state index is 6.47.